The summed E-state index contributed by atoms with van der Waals surface area (Å²) in [4.78, 5) is 0. The predicted molar refractivity (Wildman–Crippen MR) is 224 cm³/mol. The van der Waals surface area contributed by atoms with Crippen LogP contribution in [0.2, 0.25) is 0 Å². The van der Waals surface area contributed by atoms with Gasteiger partial charge in [-0.25, -0.2) is 4.57 Å². The zero-order chi connectivity index (χ0) is 56.3. The number of aryl methyl sites for hydroxylation is 1. The number of hydrogen-bond donors (Lipinski definition) is 0. The molecule has 0 bridgehead atoms. The molecule has 0 aliphatic heterocycles. The van der Waals surface area contributed by atoms with E-state index in [2.05, 4.69) is 78.5 Å². The summed E-state index contributed by atoms with van der Waals surface area (Å²) in [6, 6.07) is 10.5. The monoisotopic (exact) mass is 1100 g/mol. The minimum absolute atomic E-state index is 0.691. The van der Waals surface area contributed by atoms with Gasteiger partial charge in [0.1, 0.15) is 6.15 Å². The fourth-order valence-corrected chi connectivity index (χ4v) is 8.25. The second-order valence-electron chi connectivity index (χ2n) is 17.0. The lowest BCUT2D eigenvalue weighted by Crippen LogP contribution is -2.75. The molecule has 6 aromatic carbocycles. The molecule has 75 heavy (non-hydrogen) atoms. The first-order valence-corrected chi connectivity index (χ1v) is 20.9. The molecule has 1 aromatic heterocycles. The van der Waals surface area contributed by atoms with Gasteiger partial charge in [-0.2, -0.15) is 127 Å². The second kappa shape index (κ2) is 19.7. The number of nitrogens with zero attached hydrogens (tertiary/aromatic N) is 1. The zero-order valence-electron chi connectivity index (χ0n) is 37.1. The maximum atomic E-state index is 14.2. The summed E-state index contributed by atoms with van der Waals surface area (Å²) < 4.78 is 343. The predicted octanol–water partition coefficient (Wildman–Crippen LogP) is 14.7. The topological polar surface area (TPSA) is 3.88 Å². The highest BCUT2D eigenvalue weighted by Gasteiger charge is 2.47. The smallest absolute Gasteiger partial charge is 0.200 e. The van der Waals surface area contributed by atoms with Crippen molar-refractivity contribution in [3.8, 4) is 0 Å². The molecule has 7 rings (SSSR count). The zero-order valence-corrected chi connectivity index (χ0v) is 37.1. The van der Waals surface area contributed by atoms with Gasteiger partial charge < -0.3 is 0 Å². The molecule has 7 aromatic rings. The van der Waals surface area contributed by atoms with Crippen LogP contribution >= 0.6 is 0 Å². The number of halogens is 24. The molecule has 0 spiro atoms. The maximum Gasteiger partial charge on any atom is 0.416 e. The molecule has 0 atom stereocenters. The number of aromatic nitrogens is 1. The molecule has 0 aliphatic rings. The summed E-state index contributed by atoms with van der Waals surface area (Å²) in [6.07, 6.45) is -50.5. The number of pyridine rings is 1. The van der Waals surface area contributed by atoms with E-state index in [-0.39, 0.29) is 0 Å². The maximum absolute atomic E-state index is 14.2. The standard InChI is InChI=1S/C32H12BF24.C17H16N/c34-25(35,36)13-1-14(26(37,38)39)6-21(5-13)33(22-7-15(27(40,41)42)2-16(8-22)28(43,44)45,23-9-17(29(46,47)48)3-18(10-23)30(49,50)51)24-11-19(31(52,53)54)4-20(12-24)32(55,56)57;1-14-6-8-15(9-7-14)12-18-11-10-16-4-2-3-5-17(16)13-18/h1-12H;2-11,13H,12H2,1H3/q-1;+1. The van der Waals surface area contributed by atoms with Crippen LogP contribution < -0.4 is 26.4 Å². The van der Waals surface area contributed by atoms with Gasteiger partial charge in [0.15, 0.2) is 18.9 Å². The Hall–Kier alpha value is -6.89. The van der Waals surface area contributed by atoms with E-state index in [0.717, 1.165) is 6.54 Å². The summed E-state index contributed by atoms with van der Waals surface area (Å²) >= 11 is 0. The van der Waals surface area contributed by atoms with E-state index >= 15 is 0 Å². The van der Waals surface area contributed by atoms with Crippen molar-refractivity contribution in [2.24, 2.45) is 0 Å². The van der Waals surface area contributed by atoms with Crippen molar-refractivity contribution >= 4 is 38.8 Å². The lowest BCUT2D eigenvalue weighted by atomic mass is 9.12. The highest BCUT2D eigenvalue weighted by Crippen LogP contribution is 2.41. The van der Waals surface area contributed by atoms with Crippen LogP contribution in [0.15, 0.2) is 140 Å². The summed E-state index contributed by atoms with van der Waals surface area (Å²) in [5.41, 5.74) is -27.6. The first-order valence-electron chi connectivity index (χ1n) is 20.9. The lowest BCUT2D eigenvalue weighted by molar-refractivity contribution is -0.687. The van der Waals surface area contributed by atoms with Gasteiger partial charge in [-0.15, -0.1) is 0 Å². The fraction of sp³-hybridized carbons (Fsp3) is 0.204. The molecule has 26 heteroatoms. The Labute approximate surface area is 406 Å². The van der Waals surface area contributed by atoms with Gasteiger partial charge >= 0.3 is 49.4 Å². The Morgan fingerprint density at radius 3 is 0.827 bits per heavy atom. The van der Waals surface area contributed by atoms with Crippen LogP contribution in [0.3, 0.4) is 0 Å². The normalized spacial score (nSPS) is 13.5. The average Bonchev–Trinajstić information content (AvgIpc) is 3.27. The fourth-order valence-electron chi connectivity index (χ4n) is 8.25. The molecule has 0 unspecified atom stereocenters. The first kappa shape index (κ1) is 57.4. The molecule has 0 fully saturated rings. The van der Waals surface area contributed by atoms with Gasteiger partial charge in [0, 0.05) is 17.0 Å². The van der Waals surface area contributed by atoms with Crippen LogP contribution in [-0.4, -0.2) is 6.15 Å². The van der Waals surface area contributed by atoms with Crippen molar-refractivity contribution in [1.29, 1.82) is 0 Å². The first-order chi connectivity index (χ1) is 34.1. The van der Waals surface area contributed by atoms with Crippen LogP contribution in [0.1, 0.15) is 55.6 Å². The Morgan fingerprint density at radius 2 is 0.573 bits per heavy atom. The van der Waals surface area contributed by atoms with E-state index in [1.807, 2.05) is 0 Å². The molecule has 0 saturated heterocycles. The van der Waals surface area contributed by atoms with Crippen LogP contribution in [0.25, 0.3) is 10.8 Å². The molecule has 1 nitrogen and oxygen atoms in total. The molecule has 400 valence electrons. The number of hydrogen-bond acceptors (Lipinski definition) is 0. The van der Waals surface area contributed by atoms with Crippen molar-refractivity contribution in [3.63, 3.8) is 0 Å². The van der Waals surface area contributed by atoms with Crippen LogP contribution in [0, 0.1) is 6.92 Å². The van der Waals surface area contributed by atoms with Gasteiger partial charge in [0.2, 0.25) is 0 Å². The van der Waals surface area contributed by atoms with E-state index in [9.17, 15) is 105 Å². The van der Waals surface area contributed by atoms with Gasteiger partial charge in [0.25, 0.3) is 0 Å². The van der Waals surface area contributed by atoms with Crippen LogP contribution in [0.4, 0.5) is 105 Å². The highest BCUT2D eigenvalue weighted by molar-refractivity contribution is 7.20. The van der Waals surface area contributed by atoms with Gasteiger partial charge in [0.05, 0.1) is 44.5 Å². The Kier molecular flexibility index (Phi) is 15.1. The highest BCUT2D eigenvalue weighted by atomic mass is 19.4. The average molecular weight is 1100 g/mol. The SMILES string of the molecule is Cc1ccc(C[n+]2ccc3ccccc3c2)cc1.FC(F)(F)c1cc([B-](c2cc(C(F)(F)F)cc(C(F)(F)F)c2)(c2cc(C(F)(F)F)cc(C(F)(F)F)c2)c2cc(C(F)(F)F)cc(C(F)(F)F)c2)cc(C(F)(F)F)c1. The van der Waals surface area contributed by atoms with E-state index in [0.29, 0.717) is 0 Å². The summed E-state index contributed by atoms with van der Waals surface area (Å²) in [7, 11) is 0. The molecule has 0 amide bonds. The van der Waals surface area contributed by atoms with E-state index < -0.39 is 195 Å². The number of rotatable bonds is 6. The van der Waals surface area contributed by atoms with Crippen LogP contribution in [-0.2, 0) is 56.0 Å². The van der Waals surface area contributed by atoms with Gasteiger partial charge in [-0.05, 0) is 42.6 Å². The van der Waals surface area contributed by atoms with Crippen molar-refractivity contribution in [3.05, 3.63) is 195 Å². The van der Waals surface area contributed by atoms with Crippen molar-refractivity contribution in [2.75, 3.05) is 0 Å². The molecule has 0 N–H and O–H groups in total. The number of benzene rings is 6. The van der Waals surface area contributed by atoms with E-state index in [1.165, 1.54) is 21.9 Å². The number of alkyl halides is 24. The Morgan fingerprint density at radius 1 is 0.320 bits per heavy atom. The summed E-state index contributed by atoms with van der Waals surface area (Å²) in [5, 5.41) is 2.57. The molecular weight excluding hydrogens is 1070 g/mol. The van der Waals surface area contributed by atoms with Crippen molar-refractivity contribution < 1.29 is 110 Å². The Balaban J connectivity index is 0.000000421. The molecule has 1 heterocycles. The lowest BCUT2D eigenvalue weighted by Gasteiger charge is -2.46. The quantitative estimate of drug-likeness (QED) is 0.0888. The largest absolute Gasteiger partial charge is 0.416 e. The van der Waals surface area contributed by atoms with Crippen molar-refractivity contribution in [1.82, 2.24) is 0 Å². The van der Waals surface area contributed by atoms with Gasteiger partial charge in [-0.3, -0.25) is 0 Å². The number of fused-ring (bicyclic) bond motifs is 1. The Bertz CT molecular complexity index is 2750. The molecule has 0 aliphatic carbocycles. The minimum atomic E-state index is -6.13. The third-order valence-electron chi connectivity index (χ3n) is 11.7. The van der Waals surface area contributed by atoms with E-state index in [4.69, 9.17) is 0 Å². The summed E-state index contributed by atoms with van der Waals surface area (Å²) in [6.45, 7) is 3.04. The van der Waals surface area contributed by atoms with Crippen molar-refractivity contribution in [2.45, 2.75) is 62.9 Å². The van der Waals surface area contributed by atoms with Crippen LogP contribution in [0.5, 0.6) is 0 Å². The second-order valence-corrected chi connectivity index (χ2v) is 17.0. The third kappa shape index (κ3) is 13.1. The third-order valence-corrected chi connectivity index (χ3v) is 11.7. The van der Waals surface area contributed by atoms with Gasteiger partial charge in [-0.1, -0.05) is 96.6 Å². The molecular formula is C49H28BF24N. The van der Waals surface area contributed by atoms with E-state index in [1.54, 1.807) is 0 Å². The minimum Gasteiger partial charge on any atom is -0.200 e. The molecule has 0 saturated carbocycles. The molecule has 0 radical (unpaired) electrons. The summed E-state index contributed by atoms with van der Waals surface area (Å²) in [5.74, 6) is 0.